The van der Waals surface area contributed by atoms with Gasteiger partial charge in [-0.05, 0) is 30.5 Å². The molecule has 4 heterocycles. The average molecular weight is 433 g/mol. The van der Waals surface area contributed by atoms with Crippen molar-refractivity contribution in [3.05, 3.63) is 41.5 Å². The topological polar surface area (TPSA) is 100 Å². The Hall–Kier alpha value is -3.62. The van der Waals surface area contributed by atoms with Crippen molar-refractivity contribution in [2.75, 3.05) is 19.6 Å². The van der Waals surface area contributed by atoms with Crippen LogP contribution < -0.4 is 4.74 Å². The van der Waals surface area contributed by atoms with Gasteiger partial charge in [0.2, 0.25) is 0 Å². The Kier molecular flexibility index (Phi) is 5.50. The lowest BCUT2D eigenvalue weighted by Crippen LogP contribution is -2.48. The monoisotopic (exact) mass is 433 g/mol. The molecule has 0 bridgehead atoms. The first-order valence-electron chi connectivity index (χ1n) is 9.59. The number of likely N-dealkylation sites (tertiary alicyclic amines) is 1. The number of rotatable bonds is 2. The summed E-state index contributed by atoms with van der Waals surface area (Å²) in [5, 5.41) is 17.4. The van der Waals surface area contributed by atoms with Gasteiger partial charge in [-0.2, -0.15) is 5.26 Å². The molecule has 0 unspecified atom stereocenters. The van der Waals surface area contributed by atoms with Crippen molar-refractivity contribution in [1.29, 1.82) is 5.26 Å². The number of piperidine rings is 1. The molecule has 0 saturated carbocycles. The molecular formula is C19H18F3N7O2. The number of hydrogen-bond donors (Lipinski definition) is 0. The summed E-state index contributed by atoms with van der Waals surface area (Å²) >= 11 is 0. The number of fused-ring (bicyclic) bond motifs is 1. The summed E-state index contributed by atoms with van der Waals surface area (Å²) in [7, 11) is 0. The van der Waals surface area contributed by atoms with Crippen LogP contribution in [-0.2, 0) is 13.1 Å². The number of halogens is 3. The summed E-state index contributed by atoms with van der Waals surface area (Å²) in [5.41, 5.74) is 2.31. The van der Waals surface area contributed by atoms with E-state index in [9.17, 15) is 23.2 Å². The third-order valence-corrected chi connectivity index (χ3v) is 5.23. The second kappa shape index (κ2) is 8.25. The van der Waals surface area contributed by atoms with Gasteiger partial charge in [0.1, 0.15) is 11.8 Å². The fourth-order valence-corrected chi connectivity index (χ4v) is 3.70. The number of carbonyl (C=O) groups is 1. The zero-order chi connectivity index (χ0) is 22.0. The molecule has 0 aromatic carbocycles. The van der Waals surface area contributed by atoms with Crippen molar-refractivity contribution in [1.82, 2.24) is 29.8 Å². The molecule has 4 rings (SSSR count). The highest BCUT2D eigenvalue weighted by molar-refractivity contribution is 5.79. The third-order valence-electron chi connectivity index (χ3n) is 5.23. The minimum absolute atomic E-state index is 0.0724. The Morgan fingerprint density at radius 2 is 1.87 bits per heavy atom. The standard InChI is InChI=1S/C19H18F3N7O2/c20-19(21,22)31-15-1-2-17(24-11-15)16(9-23)13-3-5-27(6-4-13)18(30)28-7-8-29-14(12-28)10-25-26-29/h1-2,10-11H,3-8,12H2. The summed E-state index contributed by atoms with van der Waals surface area (Å²) in [6.45, 7) is 2.49. The number of nitriles is 1. The van der Waals surface area contributed by atoms with E-state index in [2.05, 4.69) is 26.1 Å². The second-order valence-electron chi connectivity index (χ2n) is 7.16. The van der Waals surface area contributed by atoms with Gasteiger partial charge in [-0.1, -0.05) is 5.21 Å². The first kappa shape index (κ1) is 20.6. The van der Waals surface area contributed by atoms with Crippen LogP contribution in [0.2, 0.25) is 0 Å². The Morgan fingerprint density at radius 1 is 1.10 bits per heavy atom. The number of allylic oxidation sites excluding steroid dienone is 1. The molecule has 2 aromatic rings. The lowest BCUT2D eigenvalue weighted by atomic mass is 9.96. The van der Waals surface area contributed by atoms with Crippen LogP contribution in [-0.4, -0.2) is 61.8 Å². The molecule has 12 heteroatoms. The number of aromatic nitrogens is 4. The molecule has 0 atom stereocenters. The maximum absolute atomic E-state index is 12.9. The van der Waals surface area contributed by atoms with E-state index in [1.165, 1.54) is 6.07 Å². The number of amides is 2. The van der Waals surface area contributed by atoms with Gasteiger partial charge >= 0.3 is 12.4 Å². The van der Waals surface area contributed by atoms with Crippen molar-refractivity contribution >= 4 is 11.6 Å². The van der Waals surface area contributed by atoms with Crippen molar-refractivity contribution < 1.29 is 22.7 Å². The number of hydrogen-bond acceptors (Lipinski definition) is 6. The molecule has 9 nitrogen and oxygen atoms in total. The second-order valence-corrected chi connectivity index (χ2v) is 7.16. The highest BCUT2D eigenvalue weighted by atomic mass is 19.4. The molecule has 2 aromatic heterocycles. The highest BCUT2D eigenvalue weighted by Crippen LogP contribution is 2.28. The zero-order valence-electron chi connectivity index (χ0n) is 16.3. The fourth-order valence-electron chi connectivity index (χ4n) is 3.70. The summed E-state index contributed by atoms with van der Waals surface area (Å²) in [4.78, 5) is 20.3. The van der Waals surface area contributed by atoms with Gasteiger partial charge in [-0.3, -0.25) is 4.98 Å². The van der Waals surface area contributed by atoms with Crippen LogP contribution in [0.3, 0.4) is 0 Å². The number of carbonyl (C=O) groups excluding carboxylic acids is 1. The quantitative estimate of drug-likeness (QED) is 0.675. The normalized spacial score (nSPS) is 16.5. The molecule has 0 N–H and O–H groups in total. The van der Waals surface area contributed by atoms with Crippen LogP contribution in [0.25, 0.3) is 5.57 Å². The summed E-state index contributed by atoms with van der Waals surface area (Å²) in [5.74, 6) is -0.447. The van der Waals surface area contributed by atoms with Crippen LogP contribution in [0.1, 0.15) is 24.2 Å². The molecule has 0 aliphatic carbocycles. The zero-order valence-corrected chi connectivity index (χ0v) is 16.3. The third kappa shape index (κ3) is 4.60. The number of nitrogens with zero attached hydrogens (tertiary/aromatic N) is 7. The fraction of sp³-hybridized carbons (Fsp3) is 0.421. The Balaban J connectivity index is 1.40. The predicted octanol–water partition coefficient (Wildman–Crippen LogP) is 2.58. The van der Waals surface area contributed by atoms with Crippen LogP contribution in [0.5, 0.6) is 5.75 Å². The van der Waals surface area contributed by atoms with Crippen molar-refractivity contribution in [3.8, 4) is 11.8 Å². The smallest absolute Gasteiger partial charge is 0.404 e. The van der Waals surface area contributed by atoms with Gasteiger partial charge in [0.05, 0.1) is 42.4 Å². The minimum atomic E-state index is -4.80. The number of alkyl halides is 3. The van der Waals surface area contributed by atoms with E-state index in [-0.39, 0.29) is 11.7 Å². The molecule has 1 saturated heterocycles. The van der Waals surface area contributed by atoms with Gasteiger partial charge in [-0.25, -0.2) is 9.48 Å². The van der Waals surface area contributed by atoms with Crippen molar-refractivity contribution in [2.45, 2.75) is 32.3 Å². The van der Waals surface area contributed by atoms with E-state index in [4.69, 9.17) is 0 Å². The van der Waals surface area contributed by atoms with Crippen molar-refractivity contribution in [3.63, 3.8) is 0 Å². The first-order valence-corrected chi connectivity index (χ1v) is 9.59. The summed E-state index contributed by atoms with van der Waals surface area (Å²) in [6.07, 6.45) is -1.23. The van der Waals surface area contributed by atoms with Gasteiger partial charge < -0.3 is 14.5 Å². The van der Waals surface area contributed by atoms with Gasteiger partial charge in [0.25, 0.3) is 0 Å². The summed E-state index contributed by atoms with van der Waals surface area (Å²) in [6, 6.07) is 4.48. The first-order chi connectivity index (χ1) is 14.8. The van der Waals surface area contributed by atoms with Crippen LogP contribution in [0.15, 0.2) is 30.1 Å². The molecular weight excluding hydrogens is 415 g/mol. The van der Waals surface area contributed by atoms with E-state index in [1.54, 1.807) is 20.7 Å². The Bertz CT molecular complexity index is 1030. The van der Waals surface area contributed by atoms with E-state index in [0.29, 0.717) is 51.1 Å². The molecule has 2 aliphatic rings. The van der Waals surface area contributed by atoms with E-state index >= 15 is 0 Å². The lowest BCUT2D eigenvalue weighted by Gasteiger charge is -2.35. The highest BCUT2D eigenvalue weighted by Gasteiger charge is 2.31. The molecule has 0 radical (unpaired) electrons. The van der Waals surface area contributed by atoms with Crippen LogP contribution in [0, 0.1) is 11.3 Å². The molecule has 2 aliphatic heterocycles. The van der Waals surface area contributed by atoms with E-state index in [0.717, 1.165) is 23.5 Å². The van der Waals surface area contributed by atoms with Crippen molar-refractivity contribution in [2.24, 2.45) is 0 Å². The summed E-state index contributed by atoms with van der Waals surface area (Å²) < 4.78 is 42.5. The molecule has 31 heavy (non-hydrogen) atoms. The van der Waals surface area contributed by atoms with E-state index in [1.807, 2.05) is 0 Å². The average Bonchev–Trinajstić information content (AvgIpc) is 3.22. The molecule has 2 amide bonds. The molecule has 1 fully saturated rings. The number of ether oxygens (including phenoxy) is 1. The van der Waals surface area contributed by atoms with Crippen LogP contribution in [0.4, 0.5) is 18.0 Å². The number of urea groups is 1. The largest absolute Gasteiger partial charge is 0.573 e. The Labute approximate surface area is 175 Å². The van der Waals surface area contributed by atoms with Gasteiger partial charge in [0, 0.05) is 19.6 Å². The number of pyridine rings is 1. The lowest BCUT2D eigenvalue weighted by molar-refractivity contribution is -0.274. The molecule has 162 valence electrons. The van der Waals surface area contributed by atoms with Crippen LogP contribution >= 0.6 is 0 Å². The predicted molar refractivity (Wildman–Crippen MR) is 100 cm³/mol. The SMILES string of the molecule is N#CC(=C1CCN(C(=O)N2CCn3nncc3C2)CC1)c1ccc(OC(F)(F)F)cn1. The Morgan fingerprint density at radius 3 is 2.52 bits per heavy atom. The van der Waals surface area contributed by atoms with Gasteiger partial charge in [0.15, 0.2) is 0 Å². The minimum Gasteiger partial charge on any atom is -0.404 e. The van der Waals surface area contributed by atoms with E-state index < -0.39 is 12.1 Å². The maximum Gasteiger partial charge on any atom is 0.573 e. The maximum atomic E-state index is 12.9. The molecule has 0 spiro atoms. The van der Waals surface area contributed by atoms with Gasteiger partial charge in [-0.15, -0.1) is 18.3 Å².